The van der Waals surface area contributed by atoms with Crippen molar-refractivity contribution >= 4 is 46.5 Å². The third kappa shape index (κ3) is 10.1. The average molecular weight is 934 g/mol. The van der Waals surface area contributed by atoms with Crippen molar-refractivity contribution in [2.24, 2.45) is 0 Å². The van der Waals surface area contributed by atoms with Crippen molar-refractivity contribution in [2.45, 2.75) is 95.4 Å². The number of aromatic nitrogens is 2. The molecule has 17 heteroatoms. The number of halogens is 1. The number of esters is 1. The van der Waals surface area contributed by atoms with Gasteiger partial charge in [0, 0.05) is 55.6 Å². The quantitative estimate of drug-likeness (QED) is 0.0571. The van der Waals surface area contributed by atoms with Crippen LogP contribution in [0.2, 0.25) is 0 Å². The van der Waals surface area contributed by atoms with Gasteiger partial charge in [0.15, 0.2) is 5.60 Å². The minimum atomic E-state index is -1.93. The second kappa shape index (κ2) is 20.3. The first-order chi connectivity index (χ1) is 30.5. The van der Waals surface area contributed by atoms with Crippen LogP contribution in [0, 0.1) is 0 Å². The number of phenolic OH excluding ortho intramolecular Hbond substituents is 1. The van der Waals surface area contributed by atoms with E-state index in [9.17, 15) is 34.2 Å². The Balaban J connectivity index is 0.00000700. The Hall–Kier alpha value is -5.00. The van der Waals surface area contributed by atoms with E-state index in [0.717, 1.165) is 67.5 Å². The van der Waals surface area contributed by atoms with Gasteiger partial charge in [0.25, 0.3) is 5.56 Å². The van der Waals surface area contributed by atoms with Gasteiger partial charge in [0.2, 0.25) is 11.8 Å². The van der Waals surface area contributed by atoms with Crippen LogP contribution in [-0.2, 0) is 44.4 Å². The van der Waals surface area contributed by atoms with Crippen molar-refractivity contribution in [3.63, 3.8) is 0 Å². The molecule has 1 saturated heterocycles. The number of thioether (sulfide) groups is 1. The van der Waals surface area contributed by atoms with Gasteiger partial charge in [0.05, 0.1) is 53.9 Å². The maximum atomic E-state index is 13.8. The number of imide groups is 1. The van der Waals surface area contributed by atoms with Gasteiger partial charge in [-0.05, 0) is 100 Å². The van der Waals surface area contributed by atoms with Crippen molar-refractivity contribution in [1.29, 1.82) is 0 Å². The monoisotopic (exact) mass is 932 g/mol. The van der Waals surface area contributed by atoms with Crippen molar-refractivity contribution in [2.75, 3.05) is 60.6 Å². The molecule has 2 N–H and O–H groups in total. The number of ether oxygens (including phenoxy) is 2. The molecule has 3 amide bonds. The maximum absolute atomic E-state index is 13.8. The predicted molar refractivity (Wildman–Crippen MR) is 245 cm³/mol. The average Bonchev–Trinajstić information content (AvgIpc) is 3.76. The number of likely N-dealkylation sites (tertiary alicyclic amines) is 1. The van der Waals surface area contributed by atoms with Crippen LogP contribution in [0.5, 0.6) is 11.5 Å². The molecule has 4 aromatic rings. The molecule has 15 nitrogen and oxygen atoms in total. The van der Waals surface area contributed by atoms with Gasteiger partial charge >= 0.3 is 12.1 Å². The van der Waals surface area contributed by atoms with Crippen LogP contribution in [-0.4, -0.2) is 129 Å². The lowest BCUT2D eigenvalue weighted by atomic mass is 9.86. The normalized spacial score (nSPS) is 18.3. The molecule has 2 aromatic carbocycles. The molecule has 7 rings (SSSR count). The number of phenols is 1. The minimum Gasteiger partial charge on any atom is -1.00 e. The zero-order valence-corrected chi connectivity index (χ0v) is 40.0. The van der Waals surface area contributed by atoms with Gasteiger partial charge in [-0.1, -0.05) is 20.3 Å². The zero-order valence-electron chi connectivity index (χ0n) is 38.4. The van der Waals surface area contributed by atoms with Gasteiger partial charge in [-0.15, -0.1) is 11.8 Å². The number of hydrogen-bond acceptors (Lipinski definition) is 12. The van der Waals surface area contributed by atoms with Gasteiger partial charge < -0.3 is 50.9 Å². The Morgan fingerprint density at radius 1 is 1.03 bits per heavy atom. The summed E-state index contributed by atoms with van der Waals surface area (Å²) >= 11 is 1.55. The molecule has 3 aliphatic heterocycles. The molecule has 65 heavy (non-hydrogen) atoms. The zero-order chi connectivity index (χ0) is 46.1. The lowest BCUT2D eigenvalue weighted by Crippen LogP contribution is -3.00. The van der Waals surface area contributed by atoms with Gasteiger partial charge in [0.1, 0.15) is 30.7 Å². The van der Waals surface area contributed by atoms with E-state index >= 15 is 0 Å². The van der Waals surface area contributed by atoms with E-state index in [1.54, 1.807) is 53.4 Å². The SMILES string of the molecule is CCN(C)CCCN(C)C(=O)Oc1ccc(C(CCCCCSC2CC(=O)N(C)C2=O)[N+](C)(C)Cc2c(O)ccc3nc4c(cc23)Cn2c-4cc3c(c2=O)COC(=O)[C@]3(O)CC)cc1.[Cl-]. The Bertz CT molecular complexity index is 2520. The summed E-state index contributed by atoms with van der Waals surface area (Å²) in [6, 6.07) is 14.7. The molecule has 3 atom stereocenters. The summed E-state index contributed by atoms with van der Waals surface area (Å²) in [5.41, 5.74) is 2.50. The highest BCUT2D eigenvalue weighted by Gasteiger charge is 2.45. The number of quaternary nitrogens is 1. The maximum Gasteiger partial charge on any atom is 0.414 e. The fraction of sp³-hybridized carbons (Fsp3) is 0.500. The molecule has 0 bridgehead atoms. The molecular weight excluding hydrogens is 872 g/mol. The van der Waals surface area contributed by atoms with Crippen LogP contribution in [0.3, 0.4) is 0 Å². The smallest absolute Gasteiger partial charge is 0.414 e. The number of amides is 3. The number of benzene rings is 2. The minimum absolute atomic E-state index is 0. The molecule has 0 spiro atoms. The number of carbonyl (C=O) groups excluding carboxylic acids is 4. The van der Waals surface area contributed by atoms with Crippen LogP contribution >= 0.6 is 11.8 Å². The highest BCUT2D eigenvalue weighted by Crippen LogP contribution is 2.42. The van der Waals surface area contributed by atoms with Gasteiger partial charge in [-0.25, -0.2) is 14.6 Å². The topological polar surface area (TPSA) is 172 Å². The van der Waals surface area contributed by atoms with Crippen LogP contribution in [0.25, 0.3) is 22.3 Å². The van der Waals surface area contributed by atoms with E-state index in [4.69, 9.17) is 14.5 Å². The van der Waals surface area contributed by atoms with Crippen molar-refractivity contribution < 1.29 is 55.8 Å². The summed E-state index contributed by atoms with van der Waals surface area (Å²) in [5.74, 6) is 0.314. The third-order valence-corrected chi connectivity index (χ3v) is 14.6. The summed E-state index contributed by atoms with van der Waals surface area (Å²) in [4.78, 5) is 74.0. The Morgan fingerprint density at radius 3 is 2.45 bits per heavy atom. The molecule has 3 aliphatic rings. The Morgan fingerprint density at radius 2 is 1.77 bits per heavy atom. The fourth-order valence-electron chi connectivity index (χ4n) is 9.16. The number of fused-ring (bicyclic) bond motifs is 5. The Kier molecular flexibility index (Phi) is 15.4. The first kappa shape index (κ1) is 49.4. The summed E-state index contributed by atoms with van der Waals surface area (Å²) < 4.78 is 13.1. The Labute approximate surface area is 390 Å². The van der Waals surface area contributed by atoms with E-state index in [1.165, 1.54) is 11.9 Å². The molecule has 5 heterocycles. The number of carbonyl (C=O) groups is 4. The highest BCUT2D eigenvalue weighted by molar-refractivity contribution is 8.00. The van der Waals surface area contributed by atoms with Crippen LogP contribution in [0.1, 0.15) is 92.7 Å². The third-order valence-electron chi connectivity index (χ3n) is 13.3. The van der Waals surface area contributed by atoms with Gasteiger partial charge in [-0.3, -0.25) is 19.3 Å². The van der Waals surface area contributed by atoms with E-state index < -0.39 is 17.7 Å². The first-order valence-corrected chi connectivity index (χ1v) is 23.3. The second-order valence-electron chi connectivity index (χ2n) is 18.0. The molecule has 0 aliphatic carbocycles. The molecule has 2 unspecified atom stereocenters. The number of cyclic esters (lactones) is 1. The second-order valence-corrected chi connectivity index (χ2v) is 19.3. The van der Waals surface area contributed by atoms with Crippen molar-refractivity contribution in [3.05, 3.63) is 86.7 Å². The number of aliphatic hydroxyl groups is 1. The van der Waals surface area contributed by atoms with E-state index in [1.807, 2.05) is 30.3 Å². The molecule has 0 saturated carbocycles. The summed E-state index contributed by atoms with van der Waals surface area (Å²) in [6.07, 6.45) is 4.20. The standard InChI is InChI=1S/C48H60N6O9S.ClH/c1-8-48(61)36-25-38-43-31(27-53(38)44(57)35(36)29-62-46(48)59)24-33-34(40(55)20-19-37(33)49-43)28-54(6,7)39(14-11-10-12-23-64-41-26-42(56)52(5)45(41)58)30-15-17-32(18-16-30)63-47(60)51(4)22-13-21-50(3)9-2;/h15-20,24-25,39,41,61H,8-14,21-23,26-29H2,1-7H3;1H/t39?,41?,48-;/m0./s1. The van der Waals surface area contributed by atoms with Crippen LogP contribution < -0.4 is 22.7 Å². The summed E-state index contributed by atoms with van der Waals surface area (Å²) in [6.45, 7) is 6.62. The van der Waals surface area contributed by atoms with Gasteiger partial charge in [-0.2, -0.15) is 0 Å². The number of hydrogen-bond donors (Lipinski definition) is 2. The first-order valence-electron chi connectivity index (χ1n) is 22.2. The lowest BCUT2D eigenvalue weighted by Gasteiger charge is -2.39. The van der Waals surface area contributed by atoms with Crippen molar-refractivity contribution in [1.82, 2.24) is 24.3 Å². The lowest BCUT2D eigenvalue weighted by molar-refractivity contribution is -0.934. The van der Waals surface area contributed by atoms with Crippen molar-refractivity contribution in [3.8, 4) is 22.9 Å². The summed E-state index contributed by atoms with van der Waals surface area (Å²) in [7, 11) is 9.60. The fourth-order valence-corrected chi connectivity index (χ4v) is 10.4. The van der Waals surface area contributed by atoms with E-state index in [2.05, 4.69) is 33.0 Å². The number of rotatable bonds is 18. The largest absolute Gasteiger partial charge is 1.00 e. The molecular formula is C48H61ClN6O9S. The van der Waals surface area contributed by atoms with E-state index in [0.29, 0.717) is 45.8 Å². The number of aromatic hydroxyl groups is 1. The van der Waals surface area contributed by atoms with Crippen LogP contribution in [0.4, 0.5) is 4.79 Å². The van der Waals surface area contributed by atoms with Crippen LogP contribution in [0.15, 0.2) is 53.3 Å². The summed E-state index contributed by atoms with van der Waals surface area (Å²) in [5, 5.41) is 23.3. The highest BCUT2D eigenvalue weighted by atomic mass is 35.5. The predicted octanol–water partition coefficient (Wildman–Crippen LogP) is 2.93. The molecule has 350 valence electrons. The van der Waals surface area contributed by atoms with E-state index in [-0.39, 0.29) is 83.9 Å². The molecule has 1 fully saturated rings. The molecule has 0 radical (unpaired) electrons. The number of unbranched alkanes of at least 4 members (excludes halogenated alkanes) is 2. The molecule has 2 aromatic heterocycles. The number of nitrogens with zero attached hydrogens (tertiary/aromatic N) is 6. The number of pyridine rings is 2.